The number of carbonyl (C=O) groups is 3. The van der Waals surface area contributed by atoms with Crippen LogP contribution in [0.2, 0.25) is 0 Å². The standard InChI is InChI=1S/C27H27F3N2O5S/c1-5-19-20(17-12-8-7-9-13-17)21(24(34)37-6-2)23(38-19)32-26(25(35)36-4,27(28,29)30)31-22(33)18-14-10-11-16(3)15-18/h7-15,32H,5-6H2,1-4H3,(H,31,33)/t26-/m1/s1. The number of hydrogen-bond donors (Lipinski definition) is 2. The first-order valence-corrected chi connectivity index (χ1v) is 12.5. The number of amides is 1. The lowest BCUT2D eigenvalue weighted by Gasteiger charge is -2.34. The first kappa shape index (κ1) is 28.7. The van der Waals surface area contributed by atoms with E-state index in [2.05, 4.69) is 10.1 Å². The van der Waals surface area contributed by atoms with Gasteiger partial charge in [0.1, 0.15) is 10.6 Å². The van der Waals surface area contributed by atoms with Crippen molar-refractivity contribution in [3.05, 3.63) is 76.2 Å². The molecule has 0 spiro atoms. The number of nitrogens with one attached hydrogen (secondary N) is 2. The molecule has 3 rings (SSSR count). The van der Waals surface area contributed by atoms with Crippen LogP contribution in [0, 0.1) is 6.92 Å². The fourth-order valence-corrected chi connectivity index (χ4v) is 5.07. The Kier molecular flexibility index (Phi) is 8.82. The number of hydrogen-bond acceptors (Lipinski definition) is 7. The van der Waals surface area contributed by atoms with Crippen molar-refractivity contribution in [1.29, 1.82) is 0 Å². The molecule has 0 bridgehead atoms. The van der Waals surface area contributed by atoms with Gasteiger partial charge in [0, 0.05) is 16.0 Å². The van der Waals surface area contributed by atoms with Gasteiger partial charge in [-0.05, 0) is 38.0 Å². The highest BCUT2D eigenvalue weighted by atomic mass is 32.1. The summed E-state index contributed by atoms with van der Waals surface area (Å²) in [5, 5.41) is 3.66. The summed E-state index contributed by atoms with van der Waals surface area (Å²) in [5.41, 5.74) is -2.40. The van der Waals surface area contributed by atoms with E-state index in [0.29, 0.717) is 28.0 Å². The zero-order chi connectivity index (χ0) is 28.1. The van der Waals surface area contributed by atoms with Crippen molar-refractivity contribution in [3.8, 4) is 11.1 Å². The second-order valence-electron chi connectivity index (χ2n) is 8.23. The Labute approximate surface area is 222 Å². The SMILES string of the molecule is CCOC(=O)c1c(N[C@](NC(=O)c2cccc(C)c2)(C(=O)OC)C(F)(F)F)sc(CC)c1-c1ccccc1. The minimum absolute atomic E-state index is 0.0324. The molecule has 1 atom stereocenters. The Morgan fingerprint density at radius 2 is 1.68 bits per heavy atom. The van der Waals surface area contributed by atoms with Crippen molar-refractivity contribution >= 4 is 34.2 Å². The third-order valence-corrected chi connectivity index (χ3v) is 6.89. The van der Waals surface area contributed by atoms with Crippen LogP contribution in [0.15, 0.2) is 54.6 Å². The molecule has 0 saturated heterocycles. The summed E-state index contributed by atoms with van der Waals surface area (Å²) >= 11 is 0.860. The number of esters is 2. The third kappa shape index (κ3) is 5.67. The summed E-state index contributed by atoms with van der Waals surface area (Å²) in [6.07, 6.45) is -5.01. The highest BCUT2D eigenvalue weighted by Crippen LogP contribution is 2.44. The molecule has 3 aromatic rings. The molecular weight excluding hydrogens is 521 g/mol. The van der Waals surface area contributed by atoms with Crippen LogP contribution in [-0.4, -0.2) is 43.4 Å². The number of thiophene rings is 1. The van der Waals surface area contributed by atoms with E-state index < -0.39 is 29.7 Å². The van der Waals surface area contributed by atoms with Crippen molar-refractivity contribution in [2.24, 2.45) is 0 Å². The number of ether oxygens (including phenoxy) is 2. The van der Waals surface area contributed by atoms with E-state index in [1.807, 2.05) is 0 Å². The highest BCUT2D eigenvalue weighted by molar-refractivity contribution is 7.17. The Bertz CT molecular complexity index is 1320. The predicted octanol–water partition coefficient (Wildman–Crippen LogP) is 5.74. The fourth-order valence-electron chi connectivity index (χ4n) is 3.87. The summed E-state index contributed by atoms with van der Waals surface area (Å²) in [4.78, 5) is 39.5. The van der Waals surface area contributed by atoms with E-state index in [9.17, 15) is 27.6 Å². The largest absolute Gasteiger partial charge is 0.466 e. The van der Waals surface area contributed by atoms with Crippen LogP contribution >= 0.6 is 11.3 Å². The van der Waals surface area contributed by atoms with Gasteiger partial charge in [-0.25, -0.2) is 9.59 Å². The van der Waals surface area contributed by atoms with Crippen molar-refractivity contribution in [1.82, 2.24) is 5.32 Å². The molecule has 7 nitrogen and oxygen atoms in total. The number of alkyl halides is 3. The lowest BCUT2D eigenvalue weighted by atomic mass is 9.99. The monoisotopic (exact) mass is 548 g/mol. The second-order valence-corrected chi connectivity index (χ2v) is 9.34. The van der Waals surface area contributed by atoms with Crippen LogP contribution in [0.4, 0.5) is 18.2 Å². The van der Waals surface area contributed by atoms with E-state index in [0.717, 1.165) is 18.4 Å². The molecule has 38 heavy (non-hydrogen) atoms. The normalized spacial score (nSPS) is 12.8. The van der Waals surface area contributed by atoms with Crippen LogP contribution in [0.5, 0.6) is 0 Å². The summed E-state index contributed by atoms with van der Waals surface area (Å²) in [5.74, 6) is -3.86. The summed E-state index contributed by atoms with van der Waals surface area (Å²) in [6, 6.07) is 14.5. The van der Waals surface area contributed by atoms with Gasteiger partial charge in [-0.15, -0.1) is 11.3 Å². The number of benzene rings is 2. The van der Waals surface area contributed by atoms with E-state index in [1.165, 1.54) is 18.2 Å². The summed E-state index contributed by atoms with van der Waals surface area (Å²) in [6.45, 7) is 4.99. The molecule has 0 aliphatic heterocycles. The van der Waals surface area contributed by atoms with E-state index in [1.54, 1.807) is 62.5 Å². The first-order chi connectivity index (χ1) is 18.0. The first-order valence-electron chi connectivity index (χ1n) is 11.7. The van der Waals surface area contributed by atoms with Crippen molar-refractivity contribution in [3.63, 3.8) is 0 Å². The van der Waals surface area contributed by atoms with Gasteiger partial charge in [0.05, 0.1) is 13.7 Å². The Hall–Kier alpha value is -3.86. The molecule has 0 aliphatic carbocycles. The van der Waals surface area contributed by atoms with Crippen molar-refractivity contribution in [2.75, 3.05) is 19.0 Å². The number of carbonyl (C=O) groups excluding carboxylic acids is 3. The molecule has 1 amide bonds. The Morgan fingerprint density at radius 3 is 2.24 bits per heavy atom. The number of methoxy groups -OCH3 is 1. The van der Waals surface area contributed by atoms with Gasteiger partial charge in [-0.2, -0.15) is 13.2 Å². The molecule has 202 valence electrons. The van der Waals surface area contributed by atoms with Gasteiger partial charge in [-0.3, -0.25) is 4.79 Å². The quantitative estimate of drug-likeness (QED) is 0.262. The van der Waals surface area contributed by atoms with Gasteiger partial charge in [-0.1, -0.05) is 55.0 Å². The maximum absolute atomic E-state index is 14.8. The minimum Gasteiger partial charge on any atom is -0.466 e. The maximum atomic E-state index is 14.8. The summed E-state index contributed by atoms with van der Waals surface area (Å²) in [7, 11) is 0.775. The van der Waals surface area contributed by atoms with Crippen LogP contribution in [-0.2, 0) is 20.7 Å². The van der Waals surface area contributed by atoms with Gasteiger partial charge in [0.2, 0.25) is 0 Å². The highest BCUT2D eigenvalue weighted by Gasteiger charge is 2.64. The van der Waals surface area contributed by atoms with Crippen LogP contribution in [0.3, 0.4) is 0 Å². The molecule has 0 saturated carbocycles. The number of anilines is 1. The topological polar surface area (TPSA) is 93.7 Å². The number of rotatable bonds is 9. The Balaban J connectivity index is 2.25. The van der Waals surface area contributed by atoms with Gasteiger partial charge in [0.25, 0.3) is 5.91 Å². The number of aryl methyl sites for hydroxylation is 2. The molecule has 0 unspecified atom stereocenters. The zero-order valence-corrected chi connectivity index (χ0v) is 22.0. The van der Waals surface area contributed by atoms with E-state index in [-0.39, 0.29) is 22.7 Å². The van der Waals surface area contributed by atoms with Gasteiger partial charge >= 0.3 is 23.8 Å². The van der Waals surface area contributed by atoms with E-state index in [4.69, 9.17) is 4.74 Å². The second kappa shape index (κ2) is 11.7. The lowest BCUT2D eigenvalue weighted by Crippen LogP contribution is -2.69. The van der Waals surface area contributed by atoms with Crippen molar-refractivity contribution < 1.29 is 37.0 Å². The van der Waals surface area contributed by atoms with Crippen LogP contribution < -0.4 is 10.6 Å². The maximum Gasteiger partial charge on any atom is 0.441 e. The summed E-state index contributed by atoms with van der Waals surface area (Å²) < 4.78 is 54.0. The molecule has 2 aromatic carbocycles. The zero-order valence-electron chi connectivity index (χ0n) is 21.2. The molecule has 1 heterocycles. The molecule has 0 aliphatic rings. The Morgan fingerprint density at radius 1 is 1.00 bits per heavy atom. The predicted molar refractivity (Wildman–Crippen MR) is 138 cm³/mol. The molecule has 11 heteroatoms. The van der Waals surface area contributed by atoms with Crippen LogP contribution in [0.25, 0.3) is 11.1 Å². The fraction of sp³-hybridized carbons (Fsp3) is 0.296. The van der Waals surface area contributed by atoms with Crippen LogP contribution in [0.1, 0.15) is 45.0 Å². The number of halogens is 3. The molecular formula is C27H27F3N2O5S. The average Bonchev–Trinajstić information content (AvgIpc) is 3.25. The average molecular weight is 549 g/mol. The third-order valence-electron chi connectivity index (χ3n) is 5.64. The van der Waals surface area contributed by atoms with Gasteiger partial charge < -0.3 is 20.1 Å². The molecule has 1 aromatic heterocycles. The minimum atomic E-state index is -5.38. The molecule has 0 fully saturated rings. The molecule has 2 N–H and O–H groups in total. The van der Waals surface area contributed by atoms with E-state index >= 15 is 0 Å². The van der Waals surface area contributed by atoms with Crippen molar-refractivity contribution in [2.45, 2.75) is 39.0 Å². The lowest BCUT2D eigenvalue weighted by molar-refractivity contribution is -0.203. The smallest absolute Gasteiger partial charge is 0.441 e. The van der Waals surface area contributed by atoms with Gasteiger partial charge in [0.15, 0.2) is 0 Å². The molecule has 0 radical (unpaired) electrons.